The second-order valence-corrected chi connectivity index (χ2v) is 8.48. The Labute approximate surface area is 204 Å². The molecule has 0 saturated carbocycles. The summed E-state index contributed by atoms with van der Waals surface area (Å²) in [5, 5.41) is 23.0. The molecule has 1 atom stereocenters. The van der Waals surface area contributed by atoms with Crippen molar-refractivity contribution < 1.29 is 14.7 Å². The number of nitrogen functional groups attached to an aromatic ring is 1. The molecule has 1 unspecified atom stereocenters. The zero-order valence-electron chi connectivity index (χ0n) is 20.6. The topological polar surface area (TPSA) is 149 Å². The third kappa shape index (κ3) is 5.43. The van der Waals surface area contributed by atoms with Crippen LogP contribution in [0.25, 0.3) is 11.0 Å². The van der Waals surface area contributed by atoms with Crippen LogP contribution >= 0.6 is 0 Å². The fourth-order valence-corrected chi connectivity index (χ4v) is 4.05. The summed E-state index contributed by atoms with van der Waals surface area (Å²) < 4.78 is 1.98. The number of aliphatic carboxylic acids is 1. The smallest absolute Gasteiger partial charge is 0.317 e. The van der Waals surface area contributed by atoms with Crippen LogP contribution < -0.4 is 16.4 Å². The van der Waals surface area contributed by atoms with Gasteiger partial charge >= 0.3 is 5.97 Å². The van der Waals surface area contributed by atoms with Gasteiger partial charge in [-0.15, -0.1) is 0 Å². The van der Waals surface area contributed by atoms with Crippen molar-refractivity contribution in [3.8, 4) is 0 Å². The summed E-state index contributed by atoms with van der Waals surface area (Å²) in [6, 6.07) is 12.9. The second-order valence-electron chi connectivity index (χ2n) is 8.48. The molecule has 10 nitrogen and oxygen atoms in total. The van der Waals surface area contributed by atoms with Gasteiger partial charge in [0.15, 0.2) is 0 Å². The van der Waals surface area contributed by atoms with E-state index in [1.807, 2.05) is 55.8 Å². The number of amides is 1. The lowest BCUT2D eigenvalue weighted by Crippen LogP contribution is -2.54. The predicted molar refractivity (Wildman–Crippen MR) is 136 cm³/mol. The zero-order valence-corrected chi connectivity index (χ0v) is 20.6. The van der Waals surface area contributed by atoms with Crippen molar-refractivity contribution in [2.24, 2.45) is 12.8 Å². The van der Waals surface area contributed by atoms with Gasteiger partial charge in [-0.1, -0.05) is 6.07 Å². The van der Waals surface area contributed by atoms with Crippen molar-refractivity contribution in [2.75, 3.05) is 25.0 Å². The van der Waals surface area contributed by atoms with Crippen LogP contribution in [0.15, 0.2) is 42.5 Å². The van der Waals surface area contributed by atoms with E-state index in [2.05, 4.69) is 10.6 Å². The molecule has 10 heteroatoms. The van der Waals surface area contributed by atoms with Gasteiger partial charge in [-0.25, -0.2) is 4.98 Å². The number of nitrogens with two attached hydrogens (primary N) is 1. The Bertz CT molecular complexity index is 1230. The maximum atomic E-state index is 13.4. The monoisotopic (exact) mass is 479 g/mol. The molecule has 0 spiro atoms. The van der Waals surface area contributed by atoms with E-state index in [0.717, 1.165) is 17.0 Å². The number of hydrogen-bond donors (Lipinski definition) is 5. The Morgan fingerprint density at radius 1 is 1.17 bits per heavy atom. The van der Waals surface area contributed by atoms with E-state index in [4.69, 9.17) is 16.1 Å². The number of imidazole rings is 1. The predicted octanol–water partition coefficient (Wildman–Crippen LogP) is 2.23. The number of carboxylic acids is 1. The fraction of sp³-hybridized carbons (Fsp3) is 0.360. The molecule has 0 fully saturated rings. The molecule has 3 rings (SSSR count). The van der Waals surface area contributed by atoms with Crippen LogP contribution in [0.3, 0.4) is 0 Å². The van der Waals surface area contributed by atoms with Crippen LogP contribution in [0, 0.1) is 5.41 Å². The number of fused-ring (bicyclic) bond motifs is 1. The van der Waals surface area contributed by atoms with E-state index >= 15 is 0 Å². The minimum atomic E-state index is -1.22. The molecule has 6 N–H and O–H groups in total. The molecule has 1 aromatic heterocycles. The fourth-order valence-electron chi connectivity index (χ4n) is 4.05. The number of aryl methyl sites for hydroxylation is 1. The second kappa shape index (κ2) is 10.6. The van der Waals surface area contributed by atoms with Gasteiger partial charge < -0.3 is 25.6 Å². The number of anilines is 1. The van der Waals surface area contributed by atoms with Crippen molar-refractivity contribution in [3.05, 3.63) is 59.4 Å². The number of amidine groups is 1. The Balaban J connectivity index is 1.91. The number of nitrogens with one attached hydrogen (secondary N) is 3. The van der Waals surface area contributed by atoms with Gasteiger partial charge in [0.05, 0.1) is 24.1 Å². The first-order valence-corrected chi connectivity index (χ1v) is 11.5. The number of carboxylic acid groups (broad SMARTS) is 1. The van der Waals surface area contributed by atoms with Crippen LogP contribution in [-0.2, 0) is 28.7 Å². The number of carbonyl (C=O) groups is 2. The van der Waals surface area contributed by atoms with Crippen molar-refractivity contribution >= 4 is 34.4 Å². The lowest BCUT2D eigenvalue weighted by molar-refractivity contribution is -0.140. The van der Waals surface area contributed by atoms with Crippen molar-refractivity contribution in [1.29, 1.82) is 5.41 Å². The van der Waals surface area contributed by atoms with Gasteiger partial charge in [0.2, 0.25) is 5.91 Å². The maximum absolute atomic E-state index is 13.4. The Hall–Kier alpha value is -3.92. The maximum Gasteiger partial charge on any atom is 0.317 e. The summed E-state index contributed by atoms with van der Waals surface area (Å²) in [5.41, 5.74) is 8.09. The lowest BCUT2D eigenvalue weighted by atomic mass is 9.89. The zero-order chi connectivity index (χ0) is 25.8. The summed E-state index contributed by atoms with van der Waals surface area (Å²) >= 11 is 0. The van der Waals surface area contributed by atoms with Crippen LogP contribution in [0.4, 0.5) is 5.69 Å². The first-order valence-electron chi connectivity index (χ1n) is 11.5. The lowest BCUT2D eigenvalue weighted by Gasteiger charge is -2.34. The summed E-state index contributed by atoms with van der Waals surface area (Å²) in [4.78, 5) is 31.1. The van der Waals surface area contributed by atoms with E-state index in [1.165, 1.54) is 0 Å². The van der Waals surface area contributed by atoms with Gasteiger partial charge in [-0.05, 0) is 62.7 Å². The molecule has 35 heavy (non-hydrogen) atoms. The van der Waals surface area contributed by atoms with Gasteiger partial charge in [-0.2, -0.15) is 0 Å². The number of hydrogen-bond acceptors (Lipinski definition) is 6. The SMILES string of the molecule is CCN(CC)C(=O)C(C)(NCC(=O)O)c1ccc2c(c1)nc(CNc1ccc(C(=N)N)cc1)n2C. The van der Waals surface area contributed by atoms with E-state index in [0.29, 0.717) is 36.3 Å². The highest BCUT2D eigenvalue weighted by Gasteiger charge is 2.38. The molecule has 2 aromatic carbocycles. The molecule has 0 aliphatic rings. The Morgan fingerprint density at radius 3 is 2.40 bits per heavy atom. The van der Waals surface area contributed by atoms with Gasteiger partial charge in [0.1, 0.15) is 17.2 Å². The molecular formula is C25H33N7O3. The molecule has 186 valence electrons. The van der Waals surface area contributed by atoms with Crippen molar-refractivity contribution in [3.63, 3.8) is 0 Å². The van der Waals surface area contributed by atoms with Crippen molar-refractivity contribution in [1.82, 2.24) is 19.8 Å². The number of aromatic nitrogens is 2. The highest BCUT2D eigenvalue weighted by Crippen LogP contribution is 2.27. The summed E-state index contributed by atoms with van der Waals surface area (Å²) in [5.74, 6) is -0.405. The number of likely N-dealkylation sites (N-methyl/N-ethyl adjacent to an activating group) is 1. The third-order valence-corrected chi connectivity index (χ3v) is 6.27. The number of rotatable bonds is 11. The van der Waals surface area contributed by atoms with E-state index in [9.17, 15) is 14.7 Å². The van der Waals surface area contributed by atoms with Gasteiger partial charge in [0, 0.05) is 31.4 Å². The largest absolute Gasteiger partial charge is 0.480 e. The van der Waals surface area contributed by atoms with Gasteiger partial charge in [-0.3, -0.25) is 20.3 Å². The quantitative estimate of drug-likeness (QED) is 0.209. The van der Waals surface area contributed by atoms with Crippen LogP contribution in [0.5, 0.6) is 0 Å². The molecule has 0 bridgehead atoms. The molecule has 1 amide bonds. The number of nitrogens with zero attached hydrogens (tertiary/aromatic N) is 3. The first-order chi connectivity index (χ1) is 16.6. The average molecular weight is 480 g/mol. The Kier molecular flexibility index (Phi) is 7.75. The molecule has 0 radical (unpaired) electrons. The van der Waals surface area contributed by atoms with Crippen LogP contribution in [0.1, 0.15) is 37.7 Å². The van der Waals surface area contributed by atoms with Gasteiger partial charge in [0.25, 0.3) is 0 Å². The van der Waals surface area contributed by atoms with Crippen LogP contribution in [-0.4, -0.2) is 56.9 Å². The highest BCUT2D eigenvalue weighted by molar-refractivity contribution is 5.95. The Morgan fingerprint density at radius 2 is 1.83 bits per heavy atom. The average Bonchev–Trinajstić information content (AvgIpc) is 3.16. The number of carbonyl (C=O) groups excluding carboxylic acids is 1. The molecule has 0 aliphatic heterocycles. The molecular weight excluding hydrogens is 446 g/mol. The summed E-state index contributed by atoms with van der Waals surface area (Å²) in [7, 11) is 1.92. The van der Waals surface area contributed by atoms with E-state index < -0.39 is 11.5 Å². The number of benzene rings is 2. The van der Waals surface area contributed by atoms with E-state index in [-0.39, 0.29) is 18.3 Å². The summed E-state index contributed by atoms with van der Waals surface area (Å²) in [6.45, 7) is 6.67. The van der Waals surface area contributed by atoms with Crippen molar-refractivity contribution in [2.45, 2.75) is 32.9 Å². The minimum Gasteiger partial charge on any atom is -0.480 e. The molecule has 0 saturated heterocycles. The normalized spacial score (nSPS) is 12.8. The van der Waals surface area contributed by atoms with E-state index in [1.54, 1.807) is 24.0 Å². The van der Waals surface area contributed by atoms with Crippen LogP contribution in [0.2, 0.25) is 0 Å². The molecule has 3 aromatic rings. The molecule has 0 aliphatic carbocycles. The first kappa shape index (κ1) is 25.7. The minimum absolute atomic E-state index is 0.0204. The third-order valence-electron chi connectivity index (χ3n) is 6.27. The highest BCUT2D eigenvalue weighted by atomic mass is 16.4. The standard InChI is InChI=1S/C25H33N7O3/c1-5-32(6-2)24(35)25(3,29-15-22(33)34)17-9-12-20-19(13-17)30-21(31(20)4)14-28-18-10-7-16(8-11-18)23(26)27/h7-13,28-29H,5-6,14-15H2,1-4H3,(H3,26,27)(H,33,34). The molecule has 1 heterocycles. The summed E-state index contributed by atoms with van der Waals surface area (Å²) in [6.07, 6.45) is 0.